The summed E-state index contributed by atoms with van der Waals surface area (Å²) in [5.74, 6) is 0. The lowest BCUT2D eigenvalue weighted by molar-refractivity contribution is 0.242. The van der Waals surface area contributed by atoms with E-state index < -0.39 is 10.0 Å². The van der Waals surface area contributed by atoms with Crippen molar-refractivity contribution in [1.29, 1.82) is 0 Å². The van der Waals surface area contributed by atoms with Gasteiger partial charge in [0.2, 0.25) is 0 Å². The molecule has 0 radical (unpaired) electrons. The topological polar surface area (TPSA) is 66.4 Å². The van der Waals surface area contributed by atoms with Crippen LogP contribution in [0.15, 0.2) is 11.0 Å². The molecule has 2 N–H and O–H groups in total. The zero-order valence-electron chi connectivity index (χ0n) is 9.25. The smallest absolute Gasteiger partial charge is 0.262 e. The standard InChI is InChI=1S/C10H15NO3S/c1-6-5-7(2)9(4)10(8(6)3)15(13,14)11-12/h5,11-12H,1-4H3. The molecule has 0 heterocycles. The molecule has 1 aromatic carbocycles. The van der Waals surface area contributed by atoms with Gasteiger partial charge >= 0.3 is 0 Å². The van der Waals surface area contributed by atoms with Crippen molar-refractivity contribution < 1.29 is 13.6 Å². The average molecular weight is 229 g/mol. The summed E-state index contributed by atoms with van der Waals surface area (Å²) in [6.45, 7) is 7.15. The van der Waals surface area contributed by atoms with E-state index >= 15 is 0 Å². The Morgan fingerprint density at radius 1 is 1.07 bits per heavy atom. The van der Waals surface area contributed by atoms with Crippen LogP contribution in [0, 0.1) is 27.7 Å². The Balaban J connectivity index is 3.68. The Labute approximate surface area is 90.0 Å². The minimum atomic E-state index is -3.80. The van der Waals surface area contributed by atoms with E-state index in [-0.39, 0.29) is 4.90 Å². The summed E-state index contributed by atoms with van der Waals surface area (Å²) in [6, 6.07) is 1.93. The molecule has 0 amide bonds. The van der Waals surface area contributed by atoms with E-state index in [1.807, 2.05) is 19.9 Å². The lowest BCUT2D eigenvalue weighted by Crippen LogP contribution is -2.22. The largest absolute Gasteiger partial charge is 0.302 e. The van der Waals surface area contributed by atoms with E-state index in [0.29, 0.717) is 11.1 Å². The fourth-order valence-electron chi connectivity index (χ4n) is 1.63. The molecule has 0 fully saturated rings. The van der Waals surface area contributed by atoms with Crippen LogP contribution in [-0.4, -0.2) is 13.6 Å². The summed E-state index contributed by atoms with van der Waals surface area (Å²) in [4.78, 5) is 1.53. The molecular formula is C10H15NO3S. The third kappa shape index (κ3) is 2.04. The Morgan fingerprint density at radius 3 is 1.80 bits per heavy atom. The molecule has 0 atom stereocenters. The molecule has 0 unspecified atom stereocenters. The predicted octanol–water partition coefficient (Wildman–Crippen LogP) is 1.59. The number of sulfonamides is 1. The lowest BCUT2D eigenvalue weighted by atomic mass is 10.0. The van der Waals surface area contributed by atoms with E-state index in [2.05, 4.69) is 0 Å². The number of hydrogen-bond acceptors (Lipinski definition) is 3. The van der Waals surface area contributed by atoms with Gasteiger partial charge in [-0.25, -0.2) is 8.42 Å². The first-order valence-electron chi connectivity index (χ1n) is 4.54. The molecular weight excluding hydrogens is 214 g/mol. The van der Waals surface area contributed by atoms with Crippen LogP contribution in [0.2, 0.25) is 0 Å². The first-order valence-corrected chi connectivity index (χ1v) is 6.03. The van der Waals surface area contributed by atoms with Crippen molar-refractivity contribution in [2.45, 2.75) is 32.6 Å². The van der Waals surface area contributed by atoms with E-state index in [1.54, 1.807) is 13.8 Å². The molecule has 0 saturated heterocycles. The third-order valence-corrected chi connectivity index (χ3v) is 4.08. The Hall–Kier alpha value is -0.910. The van der Waals surface area contributed by atoms with Crippen LogP contribution in [0.25, 0.3) is 0 Å². The van der Waals surface area contributed by atoms with E-state index in [4.69, 9.17) is 5.21 Å². The maximum atomic E-state index is 11.6. The van der Waals surface area contributed by atoms with Crippen LogP contribution in [0.5, 0.6) is 0 Å². The quantitative estimate of drug-likeness (QED) is 0.757. The monoisotopic (exact) mass is 229 g/mol. The highest BCUT2D eigenvalue weighted by Crippen LogP contribution is 2.25. The van der Waals surface area contributed by atoms with E-state index in [0.717, 1.165) is 11.1 Å². The summed E-state index contributed by atoms with van der Waals surface area (Å²) in [5.41, 5.74) is 3.12. The zero-order chi connectivity index (χ0) is 11.8. The normalized spacial score (nSPS) is 11.8. The third-order valence-electron chi connectivity index (χ3n) is 2.69. The van der Waals surface area contributed by atoms with Crippen molar-refractivity contribution in [2.24, 2.45) is 0 Å². The van der Waals surface area contributed by atoms with Gasteiger partial charge in [-0.15, -0.1) is 0 Å². The fraction of sp³-hybridized carbons (Fsp3) is 0.400. The second kappa shape index (κ2) is 3.92. The van der Waals surface area contributed by atoms with Gasteiger partial charge in [-0.05, 0) is 49.9 Å². The van der Waals surface area contributed by atoms with Crippen LogP contribution < -0.4 is 4.89 Å². The van der Waals surface area contributed by atoms with Crippen LogP contribution >= 0.6 is 0 Å². The van der Waals surface area contributed by atoms with Crippen LogP contribution in [0.4, 0.5) is 0 Å². The van der Waals surface area contributed by atoms with Gasteiger partial charge in [0.25, 0.3) is 10.0 Å². The molecule has 0 aromatic heterocycles. The van der Waals surface area contributed by atoms with Crippen molar-refractivity contribution in [2.75, 3.05) is 0 Å². The molecule has 0 aliphatic carbocycles. The van der Waals surface area contributed by atoms with Crippen LogP contribution in [0.3, 0.4) is 0 Å². The number of rotatable bonds is 2. The fourth-order valence-corrected chi connectivity index (χ4v) is 2.85. The van der Waals surface area contributed by atoms with Crippen molar-refractivity contribution in [1.82, 2.24) is 4.89 Å². The van der Waals surface area contributed by atoms with Crippen molar-refractivity contribution in [3.8, 4) is 0 Å². The second-order valence-electron chi connectivity index (χ2n) is 3.68. The van der Waals surface area contributed by atoms with Crippen molar-refractivity contribution in [3.63, 3.8) is 0 Å². The van der Waals surface area contributed by atoms with E-state index in [1.165, 1.54) is 4.89 Å². The molecule has 5 heteroatoms. The van der Waals surface area contributed by atoms with Gasteiger partial charge < -0.3 is 5.21 Å². The van der Waals surface area contributed by atoms with Gasteiger partial charge in [-0.2, -0.15) is 0 Å². The number of nitrogens with one attached hydrogen (secondary N) is 1. The maximum Gasteiger partial charge on any atom is 0.262 e. The number of aryl methyl sites for hydroxylation is 2. The number of hydrogen-bond donors (Lipinski definition) is 2. The Kier molecular flexibility index (Phi) is 3.18. The molecule has 84 valence electrons. The summed E-state index contributed by atoms with van der Waals surface area (Å²) < 4.78 is 23.2. The lowest BCUT2D eigenvalue weighted by Gasteiger charge is -2.14. The first kappa shape index (κ1) is 12.2. The van der Waals surface area contributed by atoms with Gasteiger partial charge in [0.15, 0.2) is 0 Å². The molecule has 15 heavy (non-hydrogen) atoms. The minimum Gasteiger partial charge on any atom is -0.302 e. The average Bonchev–Trinajstić information content (AvgIpc) is 2.15. The first-order chi connectivity index (χ1) is 6.81. The van der Waals surface area contributed by atoms with Crippen LogP contribution in [0.1, 0.15) is 22.3 Å². The van der Waals surface area contributed by atoms with Gasteiger partial charge in [-0.3, -0.25) is 0 Å². The van der Waals surface area contributed by atoms with Gasteiger partial charge in [0.1, 0.15) is 0 Å². The predicted molar refractivity (Wildman–Crippen MR) is 57.5 cm³/mol. The summed E-state index contributed by atoms with van der Waals surface area (Å²) >= 11 is 0. The Morgan fingerprint density at radius 2 is 1.47 bits per heavy atom. The van der Waals surface area contributed by atoms with Gasteiger partial charge in [0.05, 0.1) is 4.90 Å². The molecule has 1 aromatic rings. The highest BCUT2D eigenvalue weighted by atomic mass is 32.2. The van der Waals surface area contributed by atoms with Crippen LogP contribution in [-0.2, 0) is 10.0 Å². The Bertz CT molecular complexity index is 466. The summed E-state index contributed by atoms with van der Waals surface area (Å²) in [7, 11) is -3.80. The molecule has 0 aliphatic rings. The van der Waals surface area contributed by atoms with Crippen molar-refractivity contribution in [3.05, 3.63) is 28.3 Å². The zero-order valence-corrected chi connectivity index (χ0v) is 10.1. The summed E-state index contributed by atoms with van der Waals surface area (Å²) in [6.07, 6.45) is 0. The molecule has 0 bridgehead atoms. The molecule has 0 spiro atoms. The molecule has 0 aliphatic heterocycles. The highest BCUT2D eigenvalue weighted by Gasteiger charge is 2.20. The molecule has 0 saturated carbocycles. The van der Waals surface area contributed by atoms with E-state index in [9.17, 15) is 8.42 Å². The minimum absolute atomic E-state index is 0.169. The SMILES string of the molecule is Cc1cc(C)c(C)c(S(=O)(=O)NO)c1C. The van der Waals surface area contributed by atoms with Gasteiger partial charge in [-0.1, -0.05) is 11.0 Å². The highest BCUT2D eigenvalue weighted by molar-refractivity contribution is 7.89. The maximum absolute atomic E-state index is 11.6. The van der Waals surface area contributed by atoms with Gasteiger partial charge in [0, 0.05) is 0 Å². The van der Waals surface area contributed by atoms with Crippen molar-refractivity contribution >= 4 is 10.0 Å². The molecule has 4 nitrogen and oxygen atoms in total. The summed E-state index contributed by atoms with van der Waals surface area (Å²) in [5, 5.41) is 8.64. The number of benzene rings is 1. The second-order valence-corrected chi connectivity index (χ2v) is 5.28. The molecule has 1 rings (SSSR count).